The predicted octanol–water partition coefficient (Wildman–Crippen LogP) is 6.15. The van der Waals surface area contributed by atoms with E-state index in [0.717, 1.165) is 26.0 Å². The molecule has 24 heavy (non-hydrogen) atoms. The highest BCUT2D eigenvalue weighted by molar-refractivity contribution is 4.49. The van der Waals surface area contributed by atoms with E-state index in [2.05, 4.69) is 12.4 Å². The van der Waals surface area contributed by atoms with Crippen LogP contribution in [0, 0.1) is 0 Å². The van der Waals surface area contributed by atoms with Gasteiger partial charge < -0.3 is 9.94 Å². The molecule has 0 rings (SSSR count). The summed E-state index contributed by atoms with van der Waals surface area (Å²) in [6.07, 6.45) is 23.1. The van der Waals surface area contributed by atoms with E-state index in [-0.39, 0.29) is 6.61 Å². The second-order valence-corrected chi connectivity index (χ2v) is 7.12. The fraction of sp³-hybridized carbons (Fsp3) is 1.00. The standard InChI is InChI=1S/C21H45NO2/c1-2-3-4-5-6-7-8-9-10-11-12-13-14-15-16-17-21-24-22-19-18-20-23/h22-23H,2-21H2,1H3. The highest BCUT2D eigenvalue weighted by atomic mass is 16.6. The maximum absolute atomic E-state index is 8.62. The Morgan fingerprint density at radius 1 is 0.583 bits per heavy atom. The van der Waals surface area contributed by atoms with Gasteiger partial charge in [-0.05, 0) is 12.8 Å². The average Bonchev–Trinajstić information content (AvgIpc) is 2.60. The number of rotatable bonds is 21. The van der Waals surface area contributed by atoms with Crippen LogP contribution in [0.25, 0.3) is 0 Å². The third-order valence-electron chi connectivity index (χ3n) is 4.64. The van der Waals surface area contributed by atoms with Crippen LogP contribution in [0.1, 0.15) is 116 Å². The van der Waals surface area contributed by atoms with Crippen molar-refractivity contribution in [1.29, 1.82) is 0 Å². The SMILES string of the molecule is CCCCCCCCCCCCCCCCCCONCCCO. The summed E-state index contributed by atoms with van der Waals surface area (Å²) in [7, 11) is 0. The Balaban J connectivity index is 2.93. The Hall–Kier alpha value is -0.120. The van der Waals surface area contributed by atoms with Gasteiger partial charge in [-0.25, -0.2) is 5.48 Å². The Bertz CT molecular complexity index is 190. The summed E-state index contributed by atoms with van der Waals surface area (Å²) in [5.41, 5.74) is 2.88. The summed E-state index contributed by atoms with van der Waals surface area (Å²) in [5.74, 6) is 0. The van der Waals surface area contributed by atoms with Gasteiger partial charge in [0, 0.05) is 13.2 Å². The molecule has 0 aromatic carbocycles. The molecule has 3 heteroatoms. The van der Waals surface area contributed by atoms with Gasteiger partial charge >= 0.3 is 0 Å². The number of nitrogens with one attached hydrogen (secondary N) is 1. The predicted molar refractivity (Wildman–Crippen MR) is 105 cm³/mol. The van der Waals surface area contributed by atoms with Gasteiger partial charge in [-0.3, -0.25) is 0 Å². The maximum atomic E-state index is 8.62. The summed E-state index contributed by atoms with van der Waals surface area (Å²) in [4.78, 5) is 5.29. The quantitative estimate of drug-likeness (QED) is 0.194. The van der Waals surface area contributed by atoms with Gasteiger partial charge in [0.2, 0.25) is 0 Å². The highest BCUT2D eigenvalue weighted by Gasteiger charge is 1.95. The van der Waals surface area contributed by atoms with Gasteiger partial charge in [0.15, 0.2) is 0 Å². The second kappa shape index (κ2) is 22.9. The van der Waals surface area contributed by atoms with E-state index in [1.54, 1.807) is 0 Å². The van der Waals surface area contributed by atoms with Gasteiger partial charge in [0.25, 0.3) is 0 Å². The molecule has 146 valence electrons. The van der Waals surface area contributed by atoms with Crippen LogP contribution < -0.4 is 5.48 Å². The van der Waals surface area contributed by atoms with Crippen molar-refractivity contribution >= 4 is 0 Å². The molecule has 0 aliphatic carbocycles. The topological polar surface area (TPSA) is 41.5 Å². The minimum atomic E-state index is 0.232. The van der Waals surface area contributed by atoms with Gasteiger partial charge in [0.05, 0.1) is 6.61 Å². The minimum absolute atomic E-state index is 0.232. The first-order chi connectivity index (χ1) is 11.9. The Morgan fingerprint density at radius 3 is 1.42 bits per heavy atom. The molecule has 0 saturated heterocycles. The van der Waals surface area contributed by atoms with Crippen LogP contribution in [-0.2, 0) is 4.84 Å². The van der Waals surface area contributed by atoms with Gasteiger partial charge in [-0.15, -0.1) is 0 Å². The van der Waals surface area contributed by atoms with E-state index in [1.165, 1.54) is 96.3 Å². The number of aliphatic hydroxyl groups is 1. The molecule has 2 N–H and O–H groups in total. The second-order valence-electron chi connectivity index (χ2n) is 7.12. The Kier molecular flexibility index (Phi) is 22.8. The molecule has 0 fully saturated rings. The molecular weight excluding hydrogens is 298 g/mol. The molecule has 0 spiro atoms. The van der Waals surface area contributed by atoms with E-state index < -0.39 is 0 Å². The number of aliphatic hydroxyl groups excluding tert-OH is 1. The van der Waals surface area contributed by atoms with Crippen molar-refractivity contribution in [2.24, 2.45) is 0 Å². The lowest BCUT2D eigenvalue weighted by Gasteiger charge is -2.05. The normalized spacial score (nSPS) is 11.2. The van der Waals surface area contributed by atoms with Gasteiger partial charge in [-0.2, -0.15) is 0 Å². The largest absolute Gasteiger partial charge is 0.396 e. The first-order valence-electron chi connectivity index (χ1n) is 10.9. The van der Waals surface area contributed by atoms with Crippen molar-refractivity contribution in [1.82, 2.24) is 5.48 Å². The van der Waals surface area contributed by atoms with Crippen molar-refractivity contribution in [2.45, 2.75) is 116 Å². The van der Waals surface area contributed by atoms with Crippen LogP contribution in [0.15, 0.2) is 0 Å². The molecular formula is C21H45NO2. The lowest BCUT2D eigenvalue weighted by atomic mass is 10.0. The summed E-state index contributed by atoms with van der Waals surface area (Å²) in [6.45, 7) is 4.06. The summed E-state index contributed by atoms with van der Waals surface area (Å²) in [6, 6.07) is 0. The van der Waals surface area contributed by atoms with Crippen molar-refractivity contribution in [3.8, 4) is 0 Å². The first-order valence-corrected chi connectivity index (χ1v) is 10.9. The minimum Gasteiger partial charge on any atom is -0.396 e. The van der Waals surface area contributed by atoms with Gasteiger partial charge in [-0.1, -0.05) is 103 Å². The van der Waals surface area contributed by atoms with E-state index in [4.69, 9.17) is 9.94 Å². The number of unbranched alkanes of at least 4 members (excludes halogenated alkanes) is 15. The third-order valence-corrected chi connectivity index (χ3v) is 4.64. The monoisotopic (exact) mass is 343 g/mol. The van der Waals surface area contributed by atoms with Crippen molar-refractivity contribution in [2.75, 3.05) is 19.8 Å². The van der Waals surface area contributed by atoms with Crippen LogP contribution in [0.4, 0.5) is 0 Å². The molecule has 0 aromatic rings. The van der Waals surface area contributed by atoms with E-state index in [0.29, 0.717) is 0 Å². The molecule has 0 aliphatic rings. The van der Waals surface area contributed by atoms with Crippen molar-refractivity contribution in [3.05, 3.63) is 0 Å². The lowest BCUT2D eigenvalue weighted by Crippen LogP contribution is -2.17. The molecule has 0 heterocycles. The molecule has 0 unspecified atom stereocenters. The summed E-state index contributed by atoms with van der Waals surface area (Å²) < 4.78 is 0. The van der Waals surface area contributed by atoms with Crippen LogP contribution in [-0.4, -0.2) is 24.9 Å². The Labute approximate surface area is 151 Å². The fourth-order valence-electron chi connectivity index (χ4n) is 3.02. The zero-order chi connectivity index (χ0) is 17.6. The molecule has 0 atom stereocenters. The third kappa shape index (κ3) is 21.9. The van der Waals surface area contributed by atoms with Crippen molar-refractivity contribution in [3.63, 3.8) is 0 Å². The number of hydrogen-bond donors (Lipinski definition) is 2. The lowest BCUT2D eigenvalue weighted by molar-refractivity contribution is 0.0354. The molecule has 0 radical (unpaired) electrons. The van der Waals surface area contributed by atoms with Crippen molar-refractivity contribution < 1.29 is 9.94 Å². The maximum Gasteiger partial charge on any atom is 0.0682 e. The summed E-state index contributed by atoms with van der Waals surface area (Å²) >= 11 is 0. The Morgan fingerprint density at radius 2 is 1.00 bits per heavy atom. The molecule has 0 aliphatic heterocycles. The molecule has 0 aromatic heterocycles. The summed E-state index contributed by atoms with van der Waals surface area (Å²) in [5, 5.41) is 8.62. The van der Waals surface area contributed by atoms with Crippen LogP contribution in [0.5, 0.6) is 0 Å². The number of hydrogen-bond acceptors (Lipinski definition) is 3. The smallest absolute Gasteiger partial charge is 0.0682 e. The highest BCUT2D eigenvalue weighted by Crippen LogP contribution is 2.13. The van der Waals surface area contributed by atoms with E-state index >= 15 is 0 Å². The zero-order valence-electron chi connectivity index (χ0n) is 16.5. The molecule has 0 saturated carbocycles. The first kappa shape index (κ1) is 23.9. The molecule has 0 amide bonds. The van der Waals surface area contributed by atoms with Crippen LogP contribution >= 0.6 is 0 Å². The fourth-order valence-corrected chi connectivity index (χ4v) is 3.02. The van der Waals surface area contributed by atoms with E-state index in [9.17, 15) is 0 Å². The van der Waals surface area contributed by atoms with Crippen LogP contribution in [0.2, 0.25) is 0 Å². The van der Waals surface area contributed by atoms with Crippen LogP contribution in [0.3, 0.4) is 0 Å². The molecule has 3 nitrogen and oxygen atoms in total. The van der Waals surface area contributed by atoms with E-state index in [1.807, 2.05) is 0 Å². The number of hydroxylamine groups is 1. The molecule has 0 bridgehead atoms. The van der Waals surface area contributed by atoms with Gasteiger partial charge in [0.1, 0.15) is 0 Å². The average molecular weight is 344 g/mol. The zero-order valence-corrected chi connectivity index (χ0v) is 16.5.